The Morgan fingerprint density at radius 3 is 2.00 bits per heavy atom. The highest BCUT2D eigenvalue weighted by Crippen LogP contribution is 2.39. The Morgan fingerprint density at radius 1 is 0.958 bits per heavy atom. The van der Waals surface area contributed by atoms with E-state index in [9.17, 15) is 4.79 Å². The monoisotopic (exact) mass is 340 g/mol. The second kappa shape index (κ2) is 6.67. The number of benzene rings is 2. The van der Waals surface area contributed by atoms with Crippen LogP contribution < -0.4 is 0 Å². The van der Waals surface area contributed by atoms with E-state index in [4.69, 9.17) is 11.6 Å². The summed E-state index contributed by atoms with van der Waals surface area (Å²) in [5.74, 6) is 0. The van der Waals surface area contributed by atoms with Gasteiger partial charge in [-0.15, -0.1) is 0 Å². The topological polar surface area (TPSA) is 23.6 Å². The predicted octanol–water partition coefficient (Wildman–Crippen LogP) is 3.30. The predicted molar refractivity (Wildman–Crippen MR) is 96.1 cm³/mol. The molecule has 0 amide bonds. The minimum absolute atomic E-state index is 0.253. The van der Waals surface area contributed by atoms with Gasteiger partial charge in [0.2, 0.25) is 5.24 Å². The van der Waals surface area contributed by atoms with E-state index in [0.29, 0.717) is 18.6 Å². The van der Waals surface area contributed by atoms with Crippen LogP contribution in [0.15, 0.2) is 60.7 Å². The summed E-state index contributed by atoms with van der Waals surface area (Å²) in [7, 11) is 0. The molecule has 0 saturated carbocycles. The number of halogens is 1. The molecular weight excluding hydrogens is 320 g/mol. The molecule has 0 N–H and O–H groups in total. The molecule has 2 aromatic carbocycles. The number of piperazine rings is 1. The van der Waals surface area contributed by atoms with Crippen LogP contribution in [0.2, 0.25) is 0 Å². The van der Waals surface area contributed by atoms with Crippen molar-refractivity contribution in [2.45, 2.75) is 24.5 Å². The quantitative estimate of drug-likeness (QED) is 0.780. The molecule has 4 heteroatoms. The van der Waals surface area contributed by atoms with Crippen molar-refractivity contribution in [3.05, 3.63) is 71.8 Å². The maximum Gasteiger partial charge on any atom is 0.235 e. The molecule has 124 valence electrons. The van der Waals surface area contributed by atoms with Crippen molar-refractivity contribution < 1.29 is 4.79 Å². The highest BCUT2D eigenvalue weighted by atomic mass is 35.5. The molecular formula is C20H21ClN2O. The number of rotatable bonds is 5. The van der Waals surface area contributed by atoms with Crippen molar-refractivity contribution in [3.63, 3.8) is 0 Å². The highest BCUT2D eigenvalue weighted by Gasteiger charge is 2.46. The van der Waals surface area contributed by atoms with Crippen LogP contribution in [0.3, 0.4) is 0 Å². The van der Waals surface area contributed by atoms with Crippen LogP contribution in [0.5, 0.6) is 0 Å². The number of hydrogen-bond acceptors (Lipinski definition) is 3. The molecule has 2 fully saturated rings. The van der Waals surface area contributed by atoms with Gasteiger partial charge in [-0.05, 0) is 29.1 Å². The van der Waals surface area contributed by atoms with E-state index in [-0.39, 0.29) is 11.3 Å². The average molecular weight is 341 g/mol. The van der Waals surface area contributed by atoms with E-state index < -0.39 is 0 Å². The summed E-state index contributed by atoms with van der Waals surface area (Å²) in [5.41, 5.74) is 2.66. The standard InChI is InChI=1S/C20H21ClN2O/c21-19(24)14-22-12-18-11-17(22)13-23(18)20(15-7-3-1-4-8-15)16-9-5-2-6-10-16/h1-10,17-18,20H,11-14H2. The van der Waals surface area contributed by atoms with E-state index in [2.05, 4.69) is 70.5 Å². The normalized spacial score (nSPS) is 23.9. The van der Waals surface area contributed by atoms with Crippen LogP contribution >= 0.6 is 11.6 Å². The first kappa shape index (κ1) is 15.8. The molecule has 2 heterocycles. The first-order valence-electron chi connectivity index (χ1n) is 8.50. The Kier molecular flexibility index (Phi) is 4.40. The smallest absolute Gasteiger partial charge is 0.235 e. The zero-order chi connectivity index (χ0) is 16.5. The third-order valence-electron chi connectivity index (χ3n) is 5.29. The summed E-state index contributed by atoms with van der Waals surface area (Å²) >= 11 is 5.59. The minimum Gasteiger partial charge on any atom is -0.289 e. The van der Waals surface area contributed by atoms with Crippen molar-refractivity contribution in [2.75, 3.05) is 19.6 Å². The van der Waals surface area contributed by atoms with Crippen molar-refractivity contribution in [1.82, 2.24) is 9.80 Å². The lowest BCUT2D eigenvalue weighted by Crippen LogP contribution is -2.48. The Bertz CT molecular complexity index is 667. The minimum atomic E-state index is -0.253. The first-order chi connectivity index (χ1) is 11.7. The summed E-state index contributed by atoms with van der Waals surface area (Å²) in [6, 6.07) is 22.6. The lowest BCUT2D eigenvalue weighted by Gasteiger charge is -2.39. The summed E-state index contributed by atoms with van der Waals surface area (Å²) < 4.78 is 0. The average Bonchev–Trinajstić information content (AvgIpc) is 3.17. The van der Waals surface area contributed by atoms with Gasteiger partial charge in [0.25, 0.3) is 0 Å². The van der Waals surface area contributed by atoms with E-state index in [0.717, 1.165) is 19.5 Å². The van der Waals surface area contributed by atoms with Gasteiger partial charge in [0.05, 0.1) is 12.6 Å². The molecule has 2 atom stereocenters. The van der Waals surface area contributed by atoms with Crippen molar-refractivity contribution in [3.8, 4) is 0 Å². The van der Waals surface area contributed by atoms with Crippen molar-refractivity contribution in [2.24, 2.45) is 0 Å². The van der Waals surface area contributed by atoms with Crippen LogP contribution in [-0.4, -0.2) is 46.8 Å². The maximum absolute atomic E-state index is 11.2. The van der Waals surface area contributed by atoms with Crippen LogP contribution in [0.1, 0.15) is 23.6 Å². The van der Waals surface area contributed by atoms with Crippen LogP contribution in [-0.2, 0) is 4.79 Å². The van der Waals surface area contributed by atoms with Gasteiger partial charge in [-0.25, -0.2) is 0 Å². The van der Waals surface area contributed by atoms with Crippen LogP contribution in [0.25, 0.3) is 0 Å². The summed E-state index contributed by atoms with van der Waals surface area (Å²) in [5, 5.41) is -0.253. The Labute approximate surface area is 147 Å². The molecule has 2 saturated heterocycles. The van der Waals surface area contributed by atoms with E-state index in [1.807, 2.05) is 0 Å². The second-order valence-electron chi connectivity index (χ2n) is 6.75. The van der Waals surface area contributed by atoms with Gasteiger partial charge in [0.1, 0.15) is 0 Å². The Morgan fingerprint density at radius 2 is 1.54 bits per heavy atom. The number of nitrogens with zero attached hydrogens (tertiary/aromatic N) is 2. The van der Waals surface area contributed by atoms with Crippen molar-refractivity contribution >= 4 is 16.8 Å². The number of fused-ring (bicyclic) bond motifs is 2. The first-order valence-corrected chi connectivity index (χ1v) is 8.88. The summed E-state index contributed by atoms with van der Waals surface area (Å²) in [4.78, 5) is 16.1. The van der Waals surface area contributed by atoms with Crippen LogP contribution in [0, 0.1) is 0 Å². The molecule has 2 bridgehead atoms. The fraction of sp³-hybridized carbons (Fsp3) is 0.350. The SMILES string of the molecule is O=C(Cl)CN1CC2CC1CN2C(c1ccccc1)c1ccccc1. The largest absolute Gasteiger partial charge is 0.289 e. The van der Waals surface area contributed by atoms with Gasteiger partial charge >= 0.3 is 0 Å². The van der Waals surface area contributed by atoms with Crippen molar-refractivity contribution in [1.29, 1.82) is 0 Å². The maximum atomic E-state index is 11.2. The summed E-state index contributed by atoms with van der Waals surface area (Å²) in [6.45, 7) is 2.29. The zero-order valence-electron chi connectivity index (χ0n) is 13.5. The second-order valence-corrected chi connectivity index (χ2v) is 7.17. The van der Waals surface area contributed by atoms with Gasteiger partial charge < -0.3 is 0 Å². The Balaban J connectivity index is 1.62. The molecule has 0 aliphatic carbocycles. The fourth-order valence-electron chi connectivity index (χ4n) is 4.30. The third kappa shape index (κ3) is 3.00. The molecule has 24 heavy (non-hydrogen) atoms. The van der Waals surface area contributed by atoms with Gasteiger partial charge in [0, 0.05) is 25.2 Å². The molecule has 2 aromatic rings. The number of carbonyl (C=O) groups is 1. The van der Waals surface area contributed by atoms with E-state index in [1.54, 1.807) is 0 Å². The van der Waals surface area contributed by atoms with E-state index >= 15 is 0 Å². The van der Waals surface area contributed by atoms with Gasteiger partial charge in [-0.2, -0.15) is 0 Å². The number of likely N-dealkylation sites (tertiary alicyclic amines) is 2. The van der Waals surface area contributed by atoms with E-state index in [1.165, 1.54) is 11.1 Å². The number of carbonyl (C=O) groups excluding carboxylic acids is 1. The fourth-order valence-corrected chi connectivity index (χ4v) is 4.45. The molecule has 0 aromatic heterocycles. The highest BCUT2D eigenvalue weighted by molar-refractivity contribution is 6.64. The van der Waals surface area contributed by atoms with Gasteiger partial charge in [0.15, 0.2) is 0 Å². The molecule has 2 aliphatic rings. The Hall–Kier alpha value is -1.68. The molecule has 2 aliphatic heterocycles. The third-order valence-corrected chi connectivity index (χ3v) is 5.41. The summed E-state index contributed by atoms with van der Waals surface area (Å²) in [6.07, 6.45) is 1.13. The zero-order valence-corrected chi connectivity index (χ0v) is 14.3. The molecule has 3 nitrogen and oxygen atoms in total. The molecule has 4 rings (SSSR count). The number of hydrogen-bond donors (Lipinski definition) is 0. The van der Waals surface area contributed by atoms with Gasteiger partial charge in [-0.3, -0.25) is 14.6 Å². The lowest BCUT2D eigenvalue weighted by atomic mass is 9.96. The lowest BCUT2D eigenvalue weighted by molar-refractivity contribution is -0.113. The molecule has 0 radical (unpaired) electrons. The van der Waals surface area contributed by atoms with Gasteiger partial charge in [-0.1, -0.05) is 60.7 Å². The van der Waals surface area contributed by atoms with Crippen LogP contribution in [0.4, 0.5) is 0 Å². The molecule has 0 spiro atoms. The molecule has 2 unspecified atom stereocenters.